The van der Waals surface area contributed by atoms with Crippen molar-refractivity contribution in [2.24, 2.45) is 10.4 Å². The van der Waals surface area contributed by atoms with E-state index >= 15 is 0 Å². The topological polar surface area (TPSA) is 24.4 Å². The fourth-order valence-corrected chi connectivity index (χ4v) is 4.68. The summed E-state index contributed by atoms with van der Waals surface area (Å²) in [6.07, 6.45) is 13.3. The first-order valence-electron chi connectivity index (χ1n) is 7.75. The highest BCUT2D eigenvalue weighted by Gasteiger charge is 2.34. The summed E-state index contributed by atoms with van der Waals surface area (Å²) in [6.45, 7) is 2.18. The van der Waals surface area contributed by atoms with Crippen molar-refractivity contribution in [1.29, 1.82) is 0 Å². The molecular weight excluding hydrogens is 272 g/mol. The summed E-state index contributed by atoms with van der Waals surface area (Å²) >= 11 is 3.92. The molecule has 1 spiro atoms. The first-order valence-corrected chi connectivity index (χ1v) is 10.1. The third-order valence-electron chi connectivity index (χ3n) is 4.29. The van der Waals surface area contributed by atoms with E-state index in [9.17, 15) is 0 Å². The monoisotopic (exact) mass is 300 g/mol. The first-order chi connectivity index (χ1) is 9.35. The van der Waals surface area contributed by atoms with Gasteiger partial charge in [-0.2, -0.15) is 11.8 Å². The molecule has 0 bridgehead atoms. The van der Waals surface area contributed by atoms with Crippen LogP contribution in [0.1, 0.15) is 51.4 Å². The summed E-state index contributed by atoms with van der Waals surface area (Å²) in [6, 6.07) is 0. The van der Waals surface area contributed by atoms with Crippen LogP contribution in [0.4, 0.5) is 0 Å². The molecule has 110 valence electrons. The minimum Gasteiger partial charge on any atom is -0.365 e. The van der Waals surface area contributed by atoms with E-state index in [1.807, 2.05) is 23.5 Å². The van der Waals surface area contributed by atoms with E-state index in [2.05, 4.69) is 11.6 Å². The zero-order valence-corrected chi connectivity index (χ0v) is 13.9. The van der Waals surface area contributed by atoms with Gasteiger partial charge in [-0.05, 0) is 43.1 Å². The number of amidine groups is 1. The maximum absolute atomic E-state index is 4.80. The molecule has 1 fully saturated rings. The number of hydrogen-bond donors (Lipinski definition) is 1. The molecule has 1 saturated carbocycles. The van der Waals surface area contributed by atoms with Gasteiger partial charge in [0.1, 0.15) is 0 Å². The largest absolute Gasteiger partial charge is 0.365 e. The molecule has 2 nitrogen and oxygen atoms in total. The quantitative estimate of drug-likeness (QED) is 0.745. The molecule has 4 heteroatoms. The van der Waals surface area contributed by atoms with E-state index in [0.29, 0.717) is 5.41 Å². The van der Waals surface area contributed by atoms with Crippen LogP contribution in [-0.2, 0) is 0 Å². The molecule has 0 unspecified atom stereocenters. The predicted molar refractivity (Wildman–Crippen MR) is 90.5 cm³/mol. The zero-order valence-electron chi connectivity index (χ0n) is 12.2. The van der Waals surface area contributed by atoms with Crippen molar-refractivity contribution < 1.29 is 0 Å². The third-order valence-corrected chi connectivity index (χ3v) is 6.29. The Bertz CT molecular complexity index is 286. The van der Waals surface area contributed by atoms with Gasteiger partial charge in [0.05, 0.1) is 0 Å². The molecular formula is C15H28N2S2. The molecule has 2 rings (SSSR count). The third kappa shape index (κ3) is 5.22. The van der Waals surface area contributed by atoms with Crippen molar-refractivity contribution in [3.63, 3.8) is 0 Å². The predicted octanol–water partition coefficient (Wildman–Crippen LogP) is 4.16. The summed E-state index contributed by atoms with van der Waals surface area (Å²) in [7, 11) is 0. The molecule has 1 N–H and O–H groups in total. The molecule has 1 aliphatic carbocycles. The lowest BCUT2D eigenvalue weighted by Gasteiger charge is -2.38. The lowest BCUT2D eigenvalue weighted by Crippen LogP contribution is -2.37. The van der Waals surface area contributed by atoms with Crippen molar-refractivity contribution in [3.8, 4) is 0 Å². The van der Waals surface area contributed by atoms with Gasteiger partial charge in [0.15, 0.2) is 5.17 Å². The number of aliphatic imine (C=N–C) groups is 1. The van der Waals surface area contributed by atoms with Crippen LogP contribution in [0.5, 0.6) is 0 Å². The molecule has 1 aliphatic heterocycles. The Labute approximate surface area is 127 Å². The lowest BCUT2D eigenvalue weighted by molar-refractivity contribution is 0.232. The fraction of sp³-hybridized carbons (Fsp3) is 0.933. The van der Waals surface area contributed by atoms with Gasteiger partial charge in [-0.3, -0.25) is 4.99 Å². The molecule has 0 aromatic heterocycles. The first kappa shape index (κ1) is 15.6. The summed E-state index contributed by atoms with van der Waals surface area (Å²) < 4.78 is 0. The Morgan fingerprint density at radius 3 is 2.74 bits per heavy atom. The SMILES string of the molecule is CSCCCCCNC1=NCC2(CCCCC2)CS1. The lowest BCUT2D eigenvalue weighted by atomic mass is 9.75. The van der Waals surface area contributed by atoms with Gasteiger partial charge in [0.25, 0.3) is 0 Å². The van der Waals surface area contributed by atoms with Crippen LogP contribution in [0, 0.1) is 5.41 Å². The van der Waals surface area contributed by atoms with E-state index in [-0.39, 0.29) is 0 Å². The van der Waals surface area contributed by atoms with Crippen molar-refractivity contribution in [3.05, 3.63) is 0 Å². The van der Waals surface area contributed by atoms with Gasteiger partial charge >= 0.3 is 0 Å². The summed E-state index contributed by atoms with van der Waals surface area (Å²) in [5.74, 6) is 2.60. The maximum Gasteiger partial charge on any atom is 0.156 e. The van der Waals surface area contributed by atoms with Crippen LogP contribution >= 0.6 is 23.5 Å². The fourth-order valence-electron chi connectivity index (χ4n) is 3.01. The normalized spacial score (nSPS) is 22.3. The second-order valence-corrected chi connectivity index (χ2v) is 7.90. The number of hydrogen-bond acceptors (Lipinski definition) is 4. The smallest absolute Gasteiger partial charge is 0.156 e. The molecule has 2 aliphatic rings. The molecule has 1 heterocycles. The molecule has 0 atom stereocenters. The molecule has 0 aromatic carbocycles. The van der Waals surface area contributed by atoms with E-state index in [1.165, 1.54) is 68.0 Å². The van der Waals surface area contributed by atoms with Crippen molar-refractivity contribution in [1.82, 2.24) is 5.32 Å². The van der Waals surface area contributed by atoms with E-state index in [4.69, 9.17) is 4.99 Å². The molecule has 0 amide bonds. The minimum absolute atomic E-state index is 0.562. The zero-order chi connectivity index (χ0) is 13.4. The van der Waals surface area contributed by atoms with Crippen LogP contribution in [0.3, 0.4) is 0 Å². The number of unbranched alkanes of at least 4 members (excludes halogenated alkanes) is 2. The Morgan fingerprint density at radius 1 is 1.21 bits per heavy atom. The second kappa shape index (κ2) is 8.46. The summed E-state index contributed by atoms with van der Waals surface area (Å²) in [4.78, 5) is 4.80. The van der Waals surface area contributed by atoms with Gasteiger partial charge in [-0.1, -0.05) is 37.4 Å². The second-order valence-electron chi connectivity index (χ2n) is 5.95. The van der Waals surface area contributed by atoms with Crippen LogP contribution in [0.25, 0.3) is 0 Å². The number of thioether (sulfide) groups is 2. The molecule has 19 heavy (non-hydrogen) atoms. The molecule has 0 aromatic rings. The number of nitrogens with zero attached hydrogens (tertiary/aromatic N) is 1. The van der Waals surface area contributed by atoms with Gasteiger partial charge in [-0.25, -0.2) is 0 Å². The summed E-state index contributed by atoms with van der Waals surface area (Å²) in [5.41, 5.74) is 0.562. The number of nitrogens with one attached hydrogen (secondary N) is 1. The van der Waals surface area contributed by atoms with Crippen molar-refractivity contribution in [2.75, 3.05) is 30.9 Å². The molecule has 0 radical (unpaired) electrons. The Morgan fingerprint density at radius 2 is 2.05 bits per heavy atom. The highest BCUT2D eigenvalue weighted by atomic mass is 32.2. The highest BCUT2D eigenvalue weighted by Crippen LogP contribution is 2.41. The van der Waals surface area contributed by atoms with Gasteiger partial charge in [0, 0.05) is 18.8 Å². The van der Waals surface area contributed by atoms with Gasteiger partial charge in [-0.15, -0.1) is 0 Å². The average Bonchev–Trinajstić information content (AvgIpc) is 2.46. The van der Waals surface area contributed by atoms with Crippen LogP contribution in [-0.4, -0.2) is 36.0 Å². The number of rotatable bonds is 6. The average molecular weight is 301 g/mol. The Balaban J connectivity index is 1.61. The van der Waals surface area contributed by atoms with Crippen LogP contribution in [0.15, 0.2) is 4.99 Å². The minimum atomic E-state index is 0.562. The molecule has 0 saturated heterocycles. The Kier molecular flexibility index (Phi) is 6.92. The van der Waals surface area contributed by atoms with Crippen LogP contribution < -0.4 is 5.32 Å². The van der Waals surface area contributed by atoms with Gasteiger partial charge < -0.3 is 5.32 Å². The van der Waals surface area contributed by atoms with E-state index in [0.717, 1.165) is 13.1 Å². The van der Waals surface area contributed by atoms with E-state index < -0.39 is 0 Å². The van der Waals surface area contributed by atoms with Gasteiger partial charge in [0.2, 0.25) is 0 Å². The summed E-state index contributed by atoms with van der Waals surface area (Å²) in [5, 5.41) is 4.74. The highest BCUT2D eigenvalue weighted by molar-refractivity contribution is 8.13. The van der Waals surface area contributed by atoms with Crippen molar-refractivity contribution in [2.45, 2.75) is 51.4 Å². The van der Waals surface area contributed by atoms with Crippen LogP contribution in [0.2, 0.25) is 0 Å². The standard InChI is InChI=1S/C15H28N2S2/c1-18-11-7-3-6-10-16-14-17-12-15(13-19-14)8-4-2-5-9-15/h2-13H2,1H3,(H,16,17). The van der Waals surface area contributed by atoms with Crippen molar-refractivity contribution >= 4 is 28.7 Å². The Hall–Kier alpha value is 0.170. The van der Waals surface area contributed by atoms with E-state index in [1.54, 1.807) is 0 Å². The maximum atomic E-state index is 4.80.